The average molecular weight is 320 g/mol. The fraction of sp³-hybridized carbons (Fsp3) is 0.444. The minimum atomic E-state index is 0. The molecule has 2 heterocycles. The molecular formula is C18H22ClNO2. The maximum absolute atomic E-state index is 6.27. The third kappa shape index (κ3) is 2.88. The summed E-state index contributed by atoms with van der Waals surface area (Å²) in [6.07, 6.45) is 6.86. The van der Waals surface area contributed by atoms with Crippen molar-refractivity contribution in [2.24, 2.45) is 0 Å². The molecule has 0 amide bonds. The molecule has 0 radical (unpaired) electrons. The molecule has 2 aliphatic rings. The maximum Gasteiger partial charge on any atom is 0.140 e. The van der Waals surface area contributed by atoms with Crippen LogP contribution in [0.5, 0.6) is 5.75 Å². The number of nitrogens with zero attached hydrogens (tertiary/aromatic N) is 1. The van der Waals surface area contributed by atoms with Gasteiger partial charge in [0.1, 0.15) is 17.6 Å². The molecule has 4 heteroatoms. The van der Waals surface area contributed by atoms with Crippen molar-refractivity contribution < 1.29 is 9.15 Å². The number of hydrogen-bond donors (Lipinski definition) is 0. The molecule has 1 aromatic heterocycles. The van der Waals surface area contributed by atoms with Crippen LogP contribution in [0.25, 0.3) is 0 Å². The predicted octanol–water partition coefficient (Wildman–Crippen LogP) is 4.15. The van der Waals surface area contributed by atoms with E-state index in [0.29, 0.717) is 0 Å². The van der Waals surface area contributed by atoms with E-state index in [2.05, 4.69) is 30.1 Å². The van der Waals surface area contributed by atoms with Crippen molar-refractivity contribution in [1.82, 2.24) is 4.90 Å². The molecule has 0 fully saturated rings. The molecule has 2 aromatic rings. The van der Waals surface area contributed by atoms with Crippen LogP contribution in [0.1, 0.15) is 41.4 Å². The lowest BCUT2D eigenvalue weighted by Crippen LogP contribution is -2.32. The first-order chi connectivity index (χ1) is 10.3. The first-order valence-corrected chi connectivity index (χ1v) is 7.83. The van der Waals surface area contributed by atoms with Crippen LogP contribution in [0.3, 0.4) is 0 Å². The van der Waals surface area contributed by atoms with E-state index in [9.17, 15) is 0 Å². The summed E-state index contributed by atoms with van der Waals surface area (Å²) >= 11 is 0. The van der Waals surface area contributed by atoms with Crippen LogP contribution < -0.4 is 4.74 Å². The Labute approximate surface area is 137 Å². The maximum atomic E-state index is 6.27. The second-order valence-electron chi connectivity index (χ2n) is 6.24. The summed E-state index contributed by atoms with van der Waals surface area (Å²) in [6, 6.07) is 8.65. The molecule has 3 nitrogen and oxygen atoms in total. The second kappa shape index (κ2) is 6.35. The van der Waals surface area contributed by atoms with Gasteiger partial charge in [0.25, 0.3) is 0 Å². The normalized spacial score (nSPS) is 20.7. The molecule has 1 atom stereocenters. The second-order valence-corrected chi connectivity index (χ2v) is 6.24. The highest BCUT2D eigenvalue weighted by Crippen LogP contribution is 2.32. The van der Waals surface area contributed by atoms with Crippen molar-refractivity contribution in [3.8, 4) is 5.75 Å². The highest BCUT2D eigenvalue weighted by Gasteiger charge is 2.27. The summed E-state index contributed by atoms with van der Waals surface area (Å²) in [4.78, 5) is 2.24. The minimum Gasteiger partial charge on any atom is -0.484 e. The number of ether oxygens (including phenoxy) is 1. The Kier molecular flexibility index (Phi) is 4.46. The standard InChI is InChI=1S/C18H21NO2.ClH/c1-19-11-17-16(8-9-20-17)18(12-19)21-15-7-6-13-4-2-3-5-14(13)10-15;/h6-10,18H,2-5,11-12H2,1H3;1H. The summed E-state index contributed by atoms with van der Waals surface area (Å²) < 4.78 is 11.8. The van der Waals surface area contributed by atoms with Gasteiger partial charge in [-0.25, -0.2) is 0 Å². The predicted molar refractivity (Wildman–Crippen MR) is 88.7 cm³/mol. The quantitative estimate of drug-likeness (QED) is 0.831. The average Bonchev–Trinajstić information content (AvgIpc) is 2.95. The number of furan rings is 1. The third-order valence-corrected chi connectivity index (χ3v) is 4.62. The largest absolute Gasteiger partial charge is 0.484 e. The van der Waals surface area contributed by atoms with Gasteiger partial charge in [0.2, 0.25) is 0 Å². The summed E-state index contributed by atoms with van der Waals surface area (Å²) in [6.45, 7) is 1.77. The lowest BCUT2D eigenvalue weighted by Gasteiger charge is -2.29. The number of fused-ring (bicyclic) bond motifs is 2. The Morgan fingerprint density at radius 2 is 1.95 bits per heavy atom. The highest BCUT2D eigenvalue weighted by molar-refractivity contribution is 5.85. The summed E-state index contributed by atoms with van der Waals surface area (Å²) in [5.41, 5.74) is 4.17. The SMILES string of the molecule is CN1Cc2occc2C(Oc2ccc3c(c2)CCCC3)C1.Cl. The molecular weight excluding hydrogens is 298 g/mol. The van der Waals surface area contributed by atoms with Gasteiger partial charge >= 0.3 is 0 Å². The first kappa shape index (κ1) is 15.4. The zero-order valence-electron chi connectivity index (χ0n) is 12.9. The topological polar surface area (TPSA) is 25.6 Å². The summed E-state index contributed by atoms with van der Waals surface area (Å²) in [5.74, 6) is 2.02. The molecule has 1 aromatic carbocycles. The number of aryl methyl sites for hydroxylation is 2. The fourth-order valence-corrected chi connectivity index (χ4v) is 3.51. The molecule has 0 N–H and O–H groups in total. The number of likely N-dealkylation sites (N-methyl/N-ethyl adjacent to an activating group) is 1. The van der Waals surface area contributed by atoms with Crippen LogP contribution in [-0.4, -0.2) is 18.5 Å². The molecule has 1 unspecified atom stereocenters. The van der Waals surface area contributed by atoms with E-state index in [1.807, 2.05) is 6.07 Å². The van der Waals surface area contributed by atoms with E-state index in [0.717, 1.165) is 24.6 Å². The molecule has 22 heavy (non-hydrogen) atoms. The van der Waals surface area contributed by atoms with Gasteiger partial charge in [0.05, 0.1) is 12.8 Å². The van der Waals surface area contributed by atoms with Crippen molar-refractivity contribution >= 4 is 12.4 Å². The zero-order chi connectivity index (χ0) is 14.2. The van der Waals surface area contributed by atoms with E-state index >= 15 is 0 Å². The van der Waals surface area contributed by atoms with E-state index in [1.165, 1.54) is 42.4 Å². The molecule has 118 valence electrons. The highest BCUT2D eigenvalue weighted by atomic mass is 35.5. The number of hydrogen-bond acceptors (Lipinski definition) is 3. The van der Waals surface area contributed by atoms with Crippen molar-refractivity contribution in [3.05, 3.63) is 53.0 Å². The van der Waals surface area contributed by atoms with E-state index < -0.39 is 0 Å². The van der Waals surface area contributed by atoms with Crippen LogP contribution in [0, 0.1) is 0 Å². The van der Waals surface area contributed by atoms with Gasteiger partial charge in [-0.05, 0) is 62.1 Å². The minimum absolute atomic E-state index is 0. The molecule has 0 bridgehead atoms. The van der Waals surface area contributed by atoms with Gasteiger partial charge in [0.15, 0.2) is 0 Å². The molecule has 0 saturated carbocycles. The Bertz CT molecular complexity index is 652. The Balaban J connectivity index is 0.00000144. The van der Waals surface area contributed by atoms with Crippen molar-refractivity contribution in [3.63, 3.8) is 0 Å². The lowest BCUT2D eigenvalue weighted by atomic mass is 9.92. The van der Waals surface area contributed by atoms with Gasteiger partial charge in [-0.3, -0.25) is 4.90 Å². The van der Waals surface area contributed by atoms with Crippen molar-refractivity contribution in [1.29, 1.82) is 0 Å². The van der Waals surface area contributed by atoms with E-state index in [1.54, 1.807) is 6.26 Å². The molecule has 0 spiro atoms. The summed E-state index contributed by atoms with van der Waals surface area (Å²) in [5, 5.41) is 0. The number of rotatable bonds is 2. The van der Waals surface area contributed by atoms with Crippen LogP contribution in [0.15, 0.2) is 34.9 Å². The smallest absolute Gasteiger partial charge is 0.140 e. The van der Waals surface area contributed by atoms with Gasteiger partial charge in [-0.2, -0.15) is 0 Å². The van der Waals surface area contributed by atoms with Gasteiger partial charge < -0.3 is 9.15 Å². The van der Waals surface area contributed by atoms with Crippen LogP contribution in [0.2, 0.25) is 0 Å². The zero-order valence-corrected chi connectivity index (χ0v) is 13.7. The molecule has 1 aliphatic carbocycles. The number of halogens is 1. The fourth-order valence-electron chi connectivity index (χ4n) is 3.51. The molecule has 0 saturated heterocycles. The molecule has 4 rings (SSSR count). The lowest BCUT2D eigenvalue weighted by molar-refractivity contribution is 0.120. The van der Waals surface area contributed by atoms with Crippen molar-refractivity contribution in [2.75, 3.05) is 13.6 Å². The Hall–Kier alpha value is -1.45. The number of benzene rings is 1. The monoisotopic (exact) mass is 319 g/mol. The summed E-state index contributed by atoms with van der Waals surface area (Å²) in [7, 11) is 2.11. The third-order valence-electron chi connectivity index (χ3n) is 4.62. The van der Waals surface area contributed by atoms with Gasteiger partial charge in [-0.15, -0.1) is 12.4 Å². The van der Waals surface area contributed by atoms with Crippen LogP contribution in [-0.2, 0) is 19.4 Å². The van der Waals surface area contributed by atoms with Crippen molar-refractivity contribution in [2.45, 2.75) is 38.3 Å². The van der Waals surface area contributed by atoms with Crippen LogP contribution >= 0.6 is 12.4 Å². The van der Waals surface area contributed by atoms with Gasteiger partial charge in [0, 0.05) is 12.1 Å². The van der Waals surface area contributed by atoms with E-state index in [-0.39, 0.29) is 18.5 Å². The first-order valence-electron chi connectivity index (χ1n) is 7.83. The Morgan fingerprint density at radius 1 is 1.14 bits per heavy atom. The van der Waals surface area contributed by atoms with Gasteiger partial charge in [-0.1, -0.05) is 6.07 Å². The van der Waals surface area contributed by atoms with E-state index in [4.69, 9.17) is 9.15 Å². The Morgan fingerprint density at radius 3 is 2.82 bits per heavy atom. The molecule has 1 aliphatic heterocycles. The van der Waals surface area contributed by atoms with Crippen LogP contribution in [0.4, 0.5) is 0 Å².